The molecule has 1 aliphatic rings. The first-order chi connectivity index (χ1) is 11.6. The van der Waals surface area contributed by atoms with Crippen LogP contribution >= 0.6 is 0 Å². The molecule has 1 atom stereocenters. The van der Waals surface area contributed by atoms with Crippen molar-refractivity contribution in [1.29, 1.82) is 0 Å². The summed E-state index contributed by atoms with van der Waals surface area (Å²) < 4.78 is 18.4. The number of imide groups is 1. The highest BCUT2D eigenvalue weighted by Crippen LogP contribution is 2.25. The topological polar surface area (TPSA) is 58.6 Å². The summed E-state index contributed by atoms with van der Waals surface area (Å²) in [6.45, 7) is 2.48. The van der Waals surface area contributed by atoms with E-state index in [1.807, 2.05) is 6.92 Å². The Morgan fingerprint density at radius 3 is 2.42 bits per heavy atom. The average Bonchev–Trinajstić information content (AvgIpc) is 2.85. The monoisotopic (exact) mass is 328 g/mol. The molecule has 1 aliphatic heterocycles. The minimum absolute atomic E-state index is 0.0589. The molecule has 2 amide bonds. The lowest BCUT2D eigenvalue weighted by Crippen LogP contribution is -2.34. The van der Waals surface area contributed by atoms with Crippen molar-refractivity contribution in [1.82, 2.24) is 0 Å². The molecule has 0 radical (unpaired) electrons. The number of benzene rings is 2. The van der Waals surface area contributed by atoms with Crippen LogP contribution in [0.2, 0.25) is 0 Å². The summed E-state index contributed by atoms with van der Waals surface area (Å²) in [5.74, 6) is -0.331. The van der Waals surface area contributed by atoms with E-state index < -0.39 is 11.9 Å². The Bertz CT molecular complexity index is 744. The van der Waals surface area contributed by atoms with Gasteiger partial charge in [-0.05, 0) is 55.5 Å². The summed E-state index contributed by atoms with van der Waals surface area (Å²) in [5, 5.41) is 3.06. The van der Waals surface area contributed by atoms with Gasteiger partial charge in [-0.25, -0.2) is 9.29 Å². The van der Waals surface area contributed by atoms with E-state index in [0.29, 0.717) is 12.3 Å². The van der Waals surface area contributed by atoms with Crippen molar-refractivity contribution in [2.45, 2.75) is 19.4 Å². The van der Waals surface area contributed by atoms with E-state index in [2.05, 4.69) is 5.32 Å². The maximum atomic E-state index is 13.0. The fraction of sp³-hybridized carbons (Fsp3) is 0.222. The molecule has 1 saturated heterocycles. The Labute approximate surface area is 139 Å². The lowest BCUT2D eigenvalue weighted by molar-refractivity contribution is -0.121. The molecule has 2 aromatic carbocycles. The van der Waals surface area contributed by atoms with E-state index in [1.54, 1.807) is 24.3 Å². The van der Waals surface area contributed by atoms with Crippen molar-refractivity contribution in [3.63, 3.8) is 0 Å². The molecule has 3 rings (SSSR count). The Morgan fingerprint density at radius 1 is 1.12 bits per heavy atom. The maximum absolute atomic E-state index is 13.0. The van der Waals surface area contributed by atoms with Gasteiger partial charge in [-0.15, -0.1) is 0 Å². The molecule has 0 bridgehead atoms. The third kappa shape index (κ3) is 3.22. The van der Waals surface area contributed by atoms with Crippen molar-refractivity contribution in [3.8, 4) is 5.75 Å². The molecule has 1 N–H and O–H groups in total. The van der Waals surface area contributed by atoms with Gasteiger partial charge in [0.1, 0.15) is 17.6 Å². The quantitative estimate of drug-likeness (QED) is 0.857. The zero-order valence-electron chi connectivity index (χ0n) is 13.2. The van der Waals surface area contributed by atoms with Gasteiger partial charge in [-0.3, -0.25) is 9.59 Å². The molecule has 24 heavy (non-hydrogen) atoms. The SMILES string of the molecule is CCOc1ccc(N[C@@H]2CC(=O)N(c3ccc(F)cc3)C2=O)cc1. The summed E-state index contributed by atoms with van der Waals surface area (Å²) in [7, 11) is 0. The molecule has 0 saturated carbocycles. The zero-order valence-corrected chi connectivity index (χ0v) is 13.2. The van der Waals surface area contributed by atoms with Crippen molar-refractivity contribution in [3.05, 3.63) is 54.3 Å². The van der Waals surface area contributed by atoms with Gasteiger partial charge in [0.05, 0.1) is 18.7 Å². The minimum Gasteiger partial charge on any atom is -0.494 e. The molecule has 0 aliphatic carbocycles. The molecular weight excluding hydrogens is 311 g/mol. The van der Waals surface area contributed by atoms with E-state index >= 15 is 0 Å². The van der Waals surface area contributed by atoms with Crippen molar-refractivity contribution in [2.75, 3.05) is 16.8 Å². The van der Waals surface area contributed by atoms with Gasteiger partial charge in [0.25, 0.3) is 5.91 Å². The normalized spacial score (nSPS) is 17.2. The fourth-order valence-corrected chi connectivity index (χ4v) is 2.62. The Kier molecular flexibility index (Phi) is 4.46. The van der Waals surface area contributed by atoms with Crippen LogP contribution in [0, 0.1) is 5.82 Å². The second-order valence-corrected chi connectivity index (χ2v) is 5.40. The fourth-order valence-electron chi connectivity index (χ4n) is 2.62. The van der Waals surface area contributed by atoms with Gasteiger partial charge in [0.2, 0.25) is 5.91 Å². The van der Waals surface area contributed by atoms with Crippen molar-refractivity contribution in [2.24, 2.45) is 0 Å². The van der Waals surface area contributed by atoms with Crippen LogP contribution in [0.3, 0.4) is 0 Å². The average molecular weight is 328 g/mol. The smallest absolute Gasteiger partial charge is 0.256 e. The van der Waals surface area contributed by atoms with Crippen LogP contribution in [0.1, 0.15) is 13.3 Å². The molecule has 124 valence electrons. The van der Waals surface area contributed by atoms with Gasteiger partial charge in [-0.1, -0.05) is 0 Å². The number of ether oxygens (including phenoxy) is 1. The number of nitrogens with zero attached hydrogens (tertiary/aromatic N) is 1. The van der Waals surface area contributed by atoms with Gasteiger partial charge in [-0.2, -0.15) is 0 Å². The van der Waals surface area contributed by atoms with Crippen LogP contribution in [0.15, 0.2) is 48.5 Å². The number of nitrogens with one attached hydrogen (secondary N) is 1. The summed E-state index contributed by atoms with van der Waals surface area (Å²) in [6, 6.07) is 11.8. The number of amides is 2. The summed E-state index contributed by atoms with van der Waals surface area (Å²) in [6.07, 6.45) is 0.0589. The lowest BCUT2D eigenvalue weighted by Gasteiger charge is -2.16. The van der Waals surface area contributed by atoms with Crippen LogP contribution in [0.5, 0.6) is 5.75 Å². The van der Waals surface area contributed by atoms with Crippen LogP contribution < -0.4 is 15.0 Å². The summed E-state index contributed by atoms with van der Waals surface area (Å²) >= 11 is 0. The van der Waals surface area contributed by atoms with Gasteiger partial charge in [0, 0.05) is 5.69 Å². The summed E-state index contributed by atoms with van der Waals surface area (Å²) in [5.41, 5.74) is 1.10. The first kappa shape index (κ1) is 16.0. The number of anilines is 2. The van der Waals surface area contributed by atoms with Gasteiger partial charge in [0.15, 0.2) is 0 Å². The molecule has 6 heteroatoms. The van der Waals surface area contributed by atoms with Crippen LogP contribution in [0.4, 0.5) is 15.8 Å². The third-order valence-electron chi connectivity index (χ3n) is 3.74. The first-order valence-electron chi connectivity index (χ1n) is 7.70. The highest BCUT2D eigenvalue weighted by molar-refractivity contribution is 6.23. The van der Waals surface area contributed by atoms with E-state index in [9.17, 15) is 14.0 Å². The number of halogens is 1. The van der Waals surface area contributed by atoms with Gasteiger partial charge >= 0.3 is 0 Å². The Morgan fingerprint density at radius 2 is 1.79 bits per heavy atom. The Balaban J connectivity index is 1.72. The predicted octanol–water partition coefficient (Wildman–Crippen LogP) is 2.97. The van der Waals surface area contributed by atoms with E-state index in [4.69, 9.17) is 4.74 Å². The second-order valence-electron chi connectivity index (χ2n) is 5.40. The predicted molar refractivity (Wildman–Crippen MR) is 88.5 cm³/mol. The standard InChI is InChI=1S/C18H17FN2O3/c1-2-24-15-9-5-13(6-10-15)20-16-11-17(22)21(18(16)23)14-7-3-12(19)4-8-14/h3-10,16,20H,2,11H2,1H3/t16-/m1/s1. The number of carbonyl (C=O) groups is 2. The molecule has 2 aromatic rings. The molecule has 1 fully saturated rings. The molecule has 5 nitrogen and oxygen atoms in total. The maximum Gasteiger partial charge on any atom is 0.256 e. The molecule has 0 unspecified atom stereocenters. The minimum atomic E-state index is -0.638. The number of hydrogen-bond acceptors (Lipinski definition) is 4. The largest absolute Gasteiger partial charge is 0.494 e. The van der Waals surface area contributed by atoms with Crippen molar-refractivity contribution >= 4 is 23.2 Å². The molecule has 1 heterocycles. The molecule has 0 spiro atoms. The second kappa shape index (κ2) is 6.70. The highest BCUT2D eigenvalue weighted by Gasteiger charge is 2.39. The summed E-state index contributed by atoms with van der Waals surface area (Å²) in [4.78, 5) is 25.7. The van der Waals surface area contributed by atoms with E-state index in [1.165, 1.54) is 24.3 Å². The van der Waals surface area contributed by atoms with Gasteiger partial charge < -0.3 is 10.1 Å². The number of carbonyl (C=O) groups excluding carboxylic acids is 2. The number of hydrogen-bond donors (Lipinski definition) is 1. The molecule has 0 aromatic heterocycles. The van der Waals surface area contributed by atoms with E-state index in [-0.39, 0.29) is 18.2 Å². The first-order valence-corrected chi connectivity index (χ1v) is 7.70. The zero-order chi connectivity index (χ0) is 17.1. The van der Waals surface area contributed by atoms with Crippen LogP contribution in [0.25, 0.3) is 0 Å². The Hall–Kier alpha value is -2.89. The number of rotatable bonds is 5. The van der Waals surface area contributed by atoms with Crippen LogP contribution in [-0.4, -0.2) is 24.5 Å². The van der Waals surface area contributed by atoms with Crippen LogP contribution in [-0.2, 0) is 9.59 Å². The van der Waals surface area contributed by atoms with Crippen molar-refractivity contribution < 1.29 is 18.7 Å². The molecular formula is C18H17FN2O3. The lowest BCUT2D eigenvalue weighted by atomic mass is 10.2. The highest BCUT2D eigenvalue weighted by atomic mass is 19.1. The third-order valence-corrected chi connectivity index (χ3v) is 3.74. The van der Waals surface area contributed by atoms with E-state index in [0.717, 1.165) is 16.3 Å².